The lowest BCUT2D eigenvalue weighted by Crippen LogP contribution is -3.13. The molecule has 122 valence electrons. The van der Waals surface area contributed by atoms with Gasteiger partial charge in [-0.05, 0) is 6.07 Å². The van der Waals surface area contributed by atoms with E-state index in [0.717, 1.165) is 43.7 Å². The summed E-state index contributed by atoms with van der Waals surface area (Å²) in [6.07, 6.45) is 3.61. The maximum atomic E-state index is 4.81. The standard InChI is InChI=1S/C18H19N5S/c1-2-5-15(6-3-1)17-21-16(14-24-17)13-22-9-11-23(12-10-22)18-19-7-4-8-20-18/h1-8,14H,9-13H2/p+1. The molecule has 1 aromatic carbocycles. The molecule has 2 aromatic heterocycles. The number of benzene rings is 1. The molecule has 3 heterocycles. The van der Waals surface area contributed by atoms with Crippen LogP contribution in [0.4, 0.5) is 5.95 Å². The summed E-state index contributed by atoms with van der Waals surface area (Å²) in [4.78, 5) is 17.3. The molecule has 6 heteroatoms. The number of nitrogens with zero attached hydrogens (tertiary/aromatic N) is 4. The monoisotopic (exact) mass is 338 g/mol. The van der Waals surface area contributed by atoms with Crippen molar-refractivity contribution in [2.45, 2.75) is 6.54 Å². The van der Waals surface area contributed by atoms with Gasteiger partial charge in [0.2, 0.25) is 5.95 Å². The summed E-state index contributed by atoms with van der Waals surface area (Å²) in [5, 5.41) is 3.31. The minimum absolute atomic E-state index is 0.844. The molecule has 0 atom stereocenters. The summed E-state index contributed by atoms with van der Waals surface area (Å²) in [6, 6.07) is 12.3. The summed E-state index contributed by atoms with van der Waals surface area (Å²) < 4.78 is 0. The van der Waals surface area contributed by atoms with Gasteiger partial charge in [0.25, 0.3) is 0 Å². The summed E-state index contributed by atoms with van der Waals surface area (Å²) in [5.41, 5.74) is 2.40. The Morgan fingerprint density at radius 1 is 1.00 bits per heavy atom. The third-order valence-electron chi connectivity index (χ3n) is 4.31. The molecule has 0 unspecified atom stereocenters. The van der Waals surface area contributed by atoms with Crippen LogP contribution in [0.2, 0.25) is 0 Å². The van der Waals surface area contributed by atoms with Gasteiger partial charge in [-0.15, -0.1) is 11.3 Å². The number of nitrogens with one attached hydrogen (secondary N) is 1. The van der Waals surface area contributed by atoms with Gasteiger partial charge in [-0.1, -0.05) is 30.3 Å². The third kappa shape index (κ3) is 3.44. The molecule has 1 fully saturated rings. The third-order valence-corrected chi connectivity index (χ3v) is 5.25. The Morgan fingerprint density at radius 2 is 1.75 bits per heavy atom. The molecule has 1 aliphatic rings. The van der Waals surface area contributed by atoms with Gasteiger partial charge in [0.1, 0.15) is 17.2 Å². The van der Waals surface area contributed by atoms with Gasteiger partial charge >= 0.3 is 0 Å². The Labute approximate surface area is 145 Å². The van der Waals surface area contributed by atoms with E-state index in [-0.39, 0.29) is 0 Å². The van der Waals surface area contributed by atoms with Gasteiger partial charge in [0, 0.05) is 23.3 Å². The second kappa shape index (κ2) is 7.07. The number of anilines is 1. The highest BCUT2D eigenvalue weighted by Crippen LogP contribution is 2.22. The molecule has 3 aromatic rings. The van der Waals surface area contributed by atoms with Crippen LogP contribution in [0.3, 0.4) is 0 Å². The maximum Gasteiger partial charge on any atom is 0.225 e. The normalized spacial score (nSPS) is 15.6. The predicted octanol–water partition coefficient (Wildman–Crippen LogP) is 1.51. The second-order valence-corrected chi connectivity index (χ2v) is 6.83. The minimum Gasteiger partial charge on any atom is -0.330 e. The summed E-state index contributed by atoms with van der Waals surface area (Å²) in [7, 11) is 0. The van der Waals surface area contributed by atoms with Crippen molar-refractivity contribution in [3.63, 3.8) is 0 Å². The van der Waals surface area contributed by atoms with E-state index in [2.05, 4.69) is 44.5 Å². The first-order chi connectivity index (χ1) is 11.9. The van der Waals surface area contributed by atoms with Crippen LogP contribution in [0, 0.1) is 0 Å². The topological polar surface area (TPSA) is 46.4 Å². The van der Waals surface area contributed by atoms with E-state index < -0.39 is 0 Å². The van der Waals surface area contributed by atoms with Crippen LogP contribution in [0.5, 0.6) is 0 Å². The average Bonchev–Trinajstić information content (AvgIpc) is 3.12. The van der Waals surface area contributed by atoms with Crippen molar-refractivity contribution in [1.82, 2.24) is 15.0 Å². The van der Waals surface area contributed by atoms with Crippen LogP contribution in [0.15, 0.2) is 54.2 Å². The van der Waals surface area contributed by atoms with Crippen LogP contribution in [0.1, 0.15) is 5.69 Å². The minimum atomic E-state index is 0.844. The lowest BCUT2D eigenvalue weighted by Gasteiger charge is -2.31. The first kappa shape index (κ1) is 15.2. The predicted molar refractivity (Wildman–Crippen MR) is 96.2 cm³/mol. The Kier molecular flexibility index (Phi) is 4.49. The number of hydrogen-bond donors (Lipinski definition) is 1. The molecule has 4 rings (SSSR count). The molecule has 24 heavy (non-hydrogen) atoms. The lowest BCUT2D eigenvalue weighted by atomic mass is 10.2. The summed E-state index contributed by atoms with van der Waals surface area (Å²) in [6.45, 7) is 5.17. The molecule has 0 saturated carbocycles. The SMILES string of the molecule is c1ccc(-c2nc(C[NH+]3CCN(c4ncccn4)CC3)cs2)cc1. The van der Waals surface area contributed by atoms with Gasteiger partial charge in [-0.25, -0.2) is 15.0 Å². The highest BCUT2D eigenvalue weighted by molar-refractivity contribution is 7.13. The Morgan fingerprint density at radius 3 is 2.50 bits per heavy atom. The summed E-state index contributed by atoms with van der Waals surface area (Å²) in [5.74, 6) is 0.844. The Bertz CT molecular complexity index is 766. The Hall–Kier alpha value is -2.31. The van der Waals surface area contributed by atoms with Crippen molar-refractivity contribution in [1.29, 1.82) is 0 Å². The van der Waals surface area contributed by atoms with Gasteiger partial charge in [-0.2, -0.15) is 0 Å². The van der Waals surface area contributed by atoms with Crippen molar-refractivity contribution in [2.75, 3.05) is 31.1 Å². The number of piperazine rings is 1. The fourth-order valence-corrected chi connectivity index (χ4v) is 3.84. The molecule has 0 bridgehead atoms. The van der Waals surface area contributed by atoms with Crippen LogP contribution in [0.25, 0.3) is 10.6 Å². The molecular weight excluding hydrogens is 318 g/mol. The highest BCUT2D eigenvalue weighted by atomic mass is 32.1. The average molecular weight is 338 g/mol. The van der Waals surface area contributed by atoms with Crippen LogP contribution >= 0.6 is 11.3 Å². The van der Waals surface area contributed by atoms with E-state index in [4.69, 9.17) is 4.98 Å². The maximum absolute atomic E-state index is 4.81. The molecular formula is C18H20N5S+. The number of thiazole rings is 1. The van der Waals surface area contributed by atoms with Gasteiger partial charge in [0.05, 0.1) is 26.2 Å². The quantitative estimate of drug-likeness (QED) is 0.783. The number of quaternary nitrogens is 1. The van der Waals surface area contributed by atoms with Crippen LogP contribution in [-0.2, 0) is 6.54 Å². The van der Waals surface area contributed by atoms with Gasteiger partial charge in [0.15, 0.2) is 0 Å². The molecule has 1 aliphatic heterocycles. The van der Waals surface area contributed by atoms with Crippen LogP contribution in [-0.4, -0.2) is 41.1 Å². The number of aromatic nitrogens is 3. The molecule has 1 saturated heterocycles. The fourth-order valence-electron chi connectivity index (χ4n) is 3.01. The van der Waals surface area contributed by atoms with Crippen molar-refractivity contribution >= 4 is 17.3 Å². The van der Waals surface area contributed by atoms with E-state index >= 15 is 0 Å². The second-order valence-electron chi connectivity index (χ2n) is 5.97. The first-order valence-electron chi connectivity index (χ1n) is 8.24. The largest absolute Gasteiger partial charge is 0.330 e. The van der Waals surface area contributed by atoms with Crippen LogP contribution < -0.4 is 9.80 Å². The molecule has 0 amide bonds. The van der Waals surface area contributed by atoms with Gasteiger partial charge in [-0.3, -0.25) is 0 Å². The molecule has 0 spiro atoms. The van der Waals surface area contributed by atoms with E-state index in [1.807, 2.05) is 24.5 Å². The van der Waals surface area contributed by atoms with Crippen molar-refractivity contribution in [2.24, 2.45) is 0 Å². The zero-order valence-electron chi connectivity index (χ0n) is 13.4. The molecule has 0 radical (unpaired) electrons. The first-order valence-corrected chi connectivity index (χ1v) is 9.12. The van der Waals surface area contributed by atoms with Crippen molar-refractivity contribution < 1.29 is 4.90 Å². The molecule has 0 aliphatic carbocycles. The smallest absolute Gasteiger partial charge is 0.225 e. The molecule has 5 nitrogen and oxygen atoms in total. The van der Waals surface area contributed by atoms with Crippen molar-refractivity contribution in [3.8, 4) is 10.6 Å². The Balaban J connectivity index is 1.35. The number of hydrogen-bond acceptors (Lipinski definition) is 5. The van der Waals surface area contributed by atoms with E-state index in [0.29, 0.717) is 0 Å². The van der Waals surface area contributed by atoms with Gasteiger partial charge < -0.3 is 9.80 Å². The van der Waals surface area contributed by atoms with E-state index in [1.54, 1.807) is 16.2 Å². The fraction of sp³-hybridized carbons (Fsp3) is 0.278. The molecule has 1 N–H and O–H groups in total. The highest BCUT2D eigenvalue weighted by Gasteiger charge is 2.22. The zero-order chi connectivity index (χ0) is 16.2. The zero-order valence-corrected chi connectivity index (χ0v) is 14.2. The van der Waals surface area contributed by atoms with Crippen molar-refractivity contribution in [3.05, 3.63) is 59.9 Å². The lowest BCUT2D eigenvalue weighted by molar-refractivity contribution is -0.914. The van der Waals surface area contributed by atoms with E-state index in [1.165, 1.54) is 11.3 Å². The summed E-state index contributed by atoms with van der Waals surface area (Å²) >= 11 is 1.73. The number of rotatable bonds is 4. The van der Waals surface area contributed by atoms with E-state index in [9.17, 15) is 0 Å².